The van der Waals surface area contributed by atoms with Crippen molar-refractivity contribution < 1.29 is 24.0 Å². The number of ether oxygens (including phenoxy) is 2. The Morgan fingerprint density at radius 1 is 1.16 bits per heavy atom. The lowest BCUT2D eigenvalue weighted by atomic mass is 10.2. The second kappa shape index (κ2) is 7.76. The first-order valence-corrected chi connectivity index (χ1v) is 7.59. The molecule has 8 heteroatoms. The first kappa shape index (κ1) is 18.4. The molecule has 0 radical (unpaired) electrons. The summed E-state index contributed by atoms with van der Waals surface area (Å²) in [6.45, 7) is 2.81. The van der Waals surface area contributed by atoms with E-state index in [4.69, 9.17) is 21.1 Å². The summed E-state index contributed by atoms with van der Waals surface area (Å²) in [6.07, 6.45) is -0.833. The quantitative estimate of drug-likeness (QED) is 0.434. The van der Waals surface area contributed by atoms with E-state index in [-0.39, 0.29) is 27.8 Å². The number of Topliss-reactive ketones (excluding diaryl/α,β-unsaturated/α-hetero) is 1. The molecule has 0 saturated heterocycles. The van der Waals surface area contributed by atoms with Gasteiger partial charge in [-0.15, -0.1) is 0 Å². The van der Waals surface area contributed by atoms with E-state index in [0.717, 1.165) is 0 Å². The number of hydrogen-bond acceptors (Lipinski definition) is 6. The van der Waals surface area contributed by atoms with Crippen molar-refractivity contribution in [3.05, 3.63) is 63.2 Å². The van der Waals surface area contributed by atoms with E-state index >= 15 is 0 Å². The van der Waals surface area contributed by atoms with Gasteiger partial charge >= 0.3 is 11.7 Å². The number of rotatable bonds is 6. The Kier molecular flexibility index (Phi) is 5.71. The summed E-state index contributed by atoms with van der Waals surface area (Å²) in [5.41, 5.74) is -0.0441. The first-order chi connectivity index (χ1) is 11.8. The molecule has 0 N–H and O–H groups in total. The molecule has 0 fully saturated rings. The van der Waals surface area contributed by atoms with Crippen molar-refractivity contribution >= 4 is 29.0 Å². The number of hydrogen-bond donors (Lipinski definition) is 0. The zero-order valence-electron chi connectivity index (χ0n) is 13.4. The molecule has 0 aromatic heterocycles. The summed E-state index contributed by atoms with van der Waals surface area (Å²) in [6, 6.07) is 9.85. The Morgan fingerprint density at radius 3 is 2.36 bits per heavy atom. The van der Waals surface area contributed by atoms with Crippen LogP contribution in [-0.4, -0.2) is 22.8 Å². The van der Waals surface area contributed by atoms with Crippen molar-refractivity contribution in [3.63, 3.8) is 0 Å². The van der Waals surface area contributed by atoms with Crippen molar-refractivity contribution in [2.45, 2.75) is 20.0 Å². The molecule has 2 aromatic rings. The fourth-order valence-electron chi connectivity index (χ4n) is 1.82. The van der Waals surface area contributed by atoms with Crippen molar-refractivity contribution in [1.82, 2.24) is 0 Å². The normalized spacial score (nSPS) is 11.5. The summed E-state index contributed by atoms with van der Waals surface area (Å²) >= 11 is 5.75. The topological polar surface area (TPSA) is 95.7 Å². The van der Waals surface area contributed by atoms with Crippen molar-refractivity contribution in [1.29, 1.82) is 0 Å². The summed E-state index contributed by atoms with van der Waals surface area (Å²) in [7, 11) is 0. The molecule has 0 spiro atoms. The van der Waals surface area contributed by atoms with Crippen LogP contribution >= 0.6 is 11.6 Å². The van der Waals surface area contributed by atoms with Gasteiger partial charge in [0.15, 0.2) is 11.9 Å². The van der Waals surface area contributed by atoms with Crippen molar-refractivity contribution in [2.75, 3.05) is 0 Å². The van der Waals surface area contributed by atoms with E-state index in [2.05, 4.69) is 0 Å². The standard InChI is InChI=1S/C17H14ClNO6/c1-10(20)11(2)24-17(21)12-3-6-14(7-4-12)25-16-8-5-13(18)9-15(16)19(22)23/h3-9,11H,1-2H3. The largest absolute Gasteiger partial charge is 0.451 e. The maximum Gasteiger partial charge on any atom is 0.338 e. The highest BCUT2D eigenvalue weighted by molar-refractivity contribution is 6.30. The van der Waals surface area contributed by atoms with Crippen LogP contribution in [0.1, 0.15) is 24.2 Å². The van der Waals surface area contributed by atoms with Gasteiger partial charge in [0.25, 0.3) is 0 Å². The fraction of sp³-hybridized carbons (Fsp3) is 0.176. The minimum absolute atomic E-state index is 0.0231. The highest BCUT2D eigenvalue weighted by Gasteiger charge is 2.18. The Bertz CT molecular complexity index is 818. The monoisotopic (exact) mass is 363 g/mol. The minimum atomic E-state index is -0.833. The van der Waals surface area contributed by atoms with Gasteiger partial charge in [-0.05, 0) is 50.2 Å². The molecule has 0 bridgehead atoms. The molecule has 0 aliphatic carbocycles. The Labute approximate surface area is 148 Å². The van der Waals surface area contributed by atoms with Crippen LogP contribution in [0, 0.1) is 10.1 Å². The maximum absolute atomic E-state index is 11.9. The van der Waals surface area contributed by atoms with Gasteiger partial charge in [0, 0.05) is 11.1 Å². The average Bonchev–Trinajstić information content (AvgIpc) is 2.56. The summed E-state index contributed by atoms with van der Waals surface area (Å²) in [4.78, 5) is 33.5. The Balaban J connectivity index is 2.15. The number of halogens is 1. The number of benzene rings is 2. The third-order valence-corrected chi connectivity index (χ3v) is 3.53. The van der Waals surface area contributed by atoms with E-state index in [1.807, 2.05) is 0 Å². The van der Waals surface area contributed by atoms with E-state index < -0.39 is 17.0 Å². The first-order valence-electron chi connectivity index (χ1n) is 7.21. The highest BCUT2D eigenvalue weighted by Crippen LogP contribution is 2.33. The van der Waals surface area contributed by atoms with Gasteiger partial charge in [-0.25, -0.2) is 4.79 Å². The highest BCUT2D eigenvalue weighted by atomic mass is 35.5. The number of esters is 1. The van der Waals surface area contributed by atoms with E-state index in [1.165, 1.54) is 56.3 Å². The van der Waals surface area contributed by atoms with Crippen LogP contribution in [0.15, 0.2) is 42.5 Å². The van der Waals surface area contributed by atoms with Gasteiger partial charge in [-0.2, -0.15) is 0 Å². The molecular formula is C17H14ClNO6. The van der Waals surface area contributed by atoms with Crippen LogP contribution in [0.4, 0.5) is 5.69 Å². The van der Waals surface area contributed by atoms with Gasteiger partial charge in [0.05, 0.1) is 10.5 Å². The van der Waals surface area contributed by atoms with Gasteiger partial charge in [-0.1, -0.05) is 11.6 Å². The smallest absolute Gasteiger partial charge is 0.338 e. The van der Waals surface area contributed by atoms with Crippen LogP contribution in [-0.2, 0) is 9.53 Å². The van der Waals surface area contributed by atoms with Crippen molar-refractivity contribution in [2.24, 2.45) is 0 Å². The predicted octanol–water partition coefficient (Wildman–Crippen LogP) is 4.17. The molecule has 0 saturated carbocycles. The summed E-state index contributed by atoms with van der Waals surface area (Å²) in [5.74, 6) is -0.591. The maximum atomic E-state index is 11.9. The van der Waals surface area contributed by atoms with Crippen molar-refractivity contribution in [3.8, 4) is 11.5 Å². The van der Waals surface area contributed by atoms with Gasteiger partial charge in [0.2, 0.25) is 5.75 Å². The molecule has 0 aliphatic rings. The second-order valence-electron chi connectivity index (χ2n) is 5.15. The Hall–Kier alpha value is -2.93. The summed E-state index contributed by atoms with van der Waals surface area (Å²) in [5, 5.41) is 11.3. The SMILES string of the molecule is CC(=O)C(C)OC(=O)c1ccc(Oc2ccc(Cl)cc2[N+](=O)[O-])cc1. The number of nitro benzene ring substituents is 1. The third kappa shape index (κ3) is 4.77. The van der Waals surface area contributed by atoms with Gasteiger partial charge < -0.3 is 9.47 Å². The predicted molar refractivity (Wildman–Crippen MR) is 90.2 cm³/mol. The molecule has 25 heavy (non-hydrogen) atoms. The average molecular weight is 364 g/mol. The number of nitro groups is 1. The van der Waals surface area contributed by atoms with E-state index in [0.29, 0.717) is 5.75 Å². The fourth-order valence-corrected chi connectivity index (χ4v) is 1.98. The minimum Gasteiger partial charge on any atom is -0.451 e. The molecule has 7 nitrogen and oxygen atoms in total. The number of carbonyl (C=O) groups excluding carboxylic acids is 2. The molecule has 130 valence electrons. The molecule has 0 amide bonds. The van der Waals surface area contributed by atoms with Crippen LogP contribution < -0.4 is 4.74 Å². The van der Waals surface area contributed by atoms with E-state index in [1.54, 1.807) is 0 Å². The zero-order chi connectivity index (χ0) is 18.6. The molecule has 1 unspecified atom stereocenters. The lowest BCUT2D eigenvalue weighted by Gasteiger charge is -2.10. The lowest BCUT2D eigenvalue weighted by Crippen LogP contribution is -2.21. The third-order valence-electron chi connectivity index (χ3n) is 3.29. The molecule has 2 rings (SSSR count). The lowest BCUT2D eigenvalue weighted by molar-refractivity contribution is -0.385. The van der Waals surface area contributed by atoms with Gasteiger partial charge in [-0.3, -0.25) is 14.9 Å². The molecule has 1 atom stereocenters. The van der Waals surface area contributed by atoms with Crippen LogP contribution in [0.2, 0.25) is 5.02 Å². The van der Waals surface area contributed by atoms with Gasteiger partial charge in [0.1, 0.15) is 5.75 Å². The number of ketones is 1. The second-order valence-corrected chi connectivity index (χ2v) is 5.59. The van der Waals surface area contributed by atoms with Crippen LogP contribution in [0.3, 0.4) is 0 Å². The number of nitrogens with zero attached hydrogens (tertiary/aromatic N) is 1. The van der Waals surface area contributed by atoms with Crippen LogP contribution in [0.5, 0.6) is 11.5 Å². The molecule has 0 heterocycles. The molecule has 2 aromatic carbocycles. The summed E-state index contributed by atoms with van der Waals surface area (Å²) < 4.78 is 10.5. The Morgan fingerprint density at radius 2 is 1.80 bits per heavy atom. The van der Waals surface area contributed by atoms with Crippen LogP contribution in [0.25, 0.3) is 0 Å². The molecular weight excluding hydrogens is 350 g/mol. The van der Waals surface area contributed by atoms with E-state index in [9.17, 15) is 19.7 Å². The molecule has 0 aliphatic heterocycles. The number of carbonyl (C=O) groups is 2. The zero-order valence-corrected chi connectivity index (χ0v) is 14.1.